The number of ether oxygens (including phenoxy) is 1. The van der Waals surface area contributed by atoms with Gasteiger partial charge < -0.3 is 9.64 Å². The van der Waals surface area contributed by atoms with Crippen molar-refractivity contribution >= 4 is 33.2 Å². The Morgan fingerprint density at radius 3 is 3.06 bits per heavy atom. The highest BCUT2D eigenvalue weighted by atomic mass is 79.9. The lowest BCUT2D eigenvalue weighted by molar-refractivity contribution is 0.0929. The Morgan fingerprint density at radius 1 is 1.53 bits per heavy atom. The van der Waals surface area contributed by atoms with E-state index in [4.69, 9.17) is 16.3 Å². The zero-order valence-corrected chi connectivity index (χ0v) is 12.3. The Kier molecular flexibility index (Phi) is 4.71. The Hall–Kier alpha value is -0.250. The second kappa shape index (κ2) is 6.07. The van der Waals surface area contributed by atoms with Crippen LogP contribution in [0.3, 0.4) is 0 Å². The molecule has 1 aliphatic rings. The van der Waals surface area contributed by atoms with Crippen LogP contribution in [-0.4, -0.2) is 25.8 Å². The molecule has 0 bridgehead atoms. The summed E-state index contributed by atoms with van der Waals surface area (Å²) in [5.74, 6) is 0. The van der Waals surface area contributed by atoms with Crippen molar-refractivity contribution in [2.24, 2.45) is 0 Å². The van der Waals surface area contributed by atoms with Crippen molar-refractivity contribution < 1.29 is 4.74 Å². The first kappa shape index (κ1) is 13.2. The molecule has 1 fully saturated rings. The van der Waals surface area contributed by atoms with E-state index in [1.165, 1.54) is 11.3 Å². The van der Waals surface area contributed by atoms with Gasteiger partial charge >= 0.3 is 0 Å². The summed E-state index contributed by atoms with van der Waals surface area (Å²) in [5.41, 5.74) is 2.53. The normalized spacial score (nSPS) is 20.6. The van der Waals surface area contributed by atoms with Gasteiger partial charge in [0.2, 0.25) is 0 Å². The fourth-order valence-corrected chi connectivity index (χ4v) is 2.87. The molecular weight excluding hydrogens is 302 g/mol. The van der Waals surface area contributed by atoms with E-state index in [0.717, 1.165) is 36.5 Å². The molecule has 4 heteroatoms. The van der Waals surface area contributed by atoms with Gasteiger partial charge in [0.1, 0.15) is 0 Å². The molecule has 17 heavy (non-hydrogen) atoms. The molecule has 0 amide bonds. The summed E-state index contributed by atoms with van der Waals surface area (Å²) in [7, 11) is 0. The molecule has 1 unspecified atom stereocenters. The van der Waals surface area contributed by atoms with Crippen LogP contribution in [0.1, 0.15) is 18.9 Å². The first-order valence-electron chi connectivity index (χ1n) is 5.95. The number of anilines is 1. The maximum Gasteiger partial charge on any atom is 0.0670 e. The Balaban J connectivity index is 2.33. The molecule has 0 N–H and O–H groups in total. The molecule has 2 nitrogen and oxygen atoms in total. The molecule has 0 aliphatic carbocycles. The zero-order valence-electron chi connectivity index (χ0n) is 9.96. The summed E-state index contributed by atoms with van der Waals surface area (Å²) in [5, 5.41) is 1.65. The van der Waals surface area contributed by atoms with E-state index in [-0.39, 0.29) is 0 Å². The van der Waals surface area contributed by atoms with Crippen molar-refractivity contribution in [3.05, 3.63) is 28.8 Å². The van der Waals surface area contributed by atoms with Gasteiger partial charge in [-0.1, -0.05) is 40.5 Å². The molecule has 0 aromatic heterocycles. The summed E-state index contributed by atoms with van der Waals surface area (Å²) >= 11 is 9.65. The van der Waals surface area contributed by atoms with Gasteiger partial charge in [-0.05, 0) is 24.1 Å². The minimum absolute atomic E-state index is 0.458. The van der Waals surface area contributed by atoms with Crippen LogP contribution in [0.4, 0.5) is 5.69 Å². The van der Waals surface area contributed by atoms with Crippen LogP contribution in [0.5, 0.6) is 0 Å². The van der Waals surface area contributed by atoms with Crippen LogP contribution in [0.2, 0.25) is 5.02 Å². The van der Waals surface area contributed by atoms with E-state index in [2.05, 4.69) is 39.9 Å². The molecule has 0 spiro atoms. The van der Waals surface area contributed by atoms with Gasteiger partial charge in [-0.2, -0.15) is 0 Å². The van der Waals surface area contributed by atoms with Crippen LogP contribution in [0.25, 0.3) is 0 Å². The van der Waals surface area contributed by atoms with E-state index in [0.29, 0.717) is 6.04 Å². The fraction of sp³-hybridized carbons (Fsp3) is 0.538. The highest BCUT2D eigenvalue weighted by Crippen LogP contribution is 2.30. The molecule has 2 rings (SSSR count). The minimum Gasteiger partial charge on any atom is -0.377 e. The fourth-order valence-electron chi connectivity index (χ4n) is 2.23. The number of nitrogens with zero attached hydrogens (tertiary/aromatic N) is 1. The molecule has 1 saturated heterocycles. The second-order valence-corrected chi connectivity index (χ2v) is 5.23. The first-order valence-corrected chi connectivity index (χ1v) is 7.45. The highest BCUT2D eigenvalue weighted by Gasteiger charge is 2.23. The largest absolute Gasteiger partial charge is 0.377 e. The predicted molar refractivity (Wildman–Crippen MR) is 76.3 cm³/mol. The molecule has 1 heterocycles. The van der Waals surface area contributed by atoms with Crippen molar-refractivity contribution in [3.63, 3.8) is 0 Å². The van der Waals surface area contributed by atoms with Gasteiger partial charge in [0.15, 0.2) is 0 Å². The number of hydrogen-bond donors (Lipinski definition) is 0. The van der Waals surface area contributed by atoms with Gasteiger partial charge in [0.25, 0.3) is 0 Å². The van der Waals surface area contributed by atoms with Crippen molar-refractivity contribution in [2.45, 2.75) is 24.7 Å². The Bertz CT molecular complexity index is 386. The van der Waals surface area contributed by atoms with Crippen LogP contribution >= 0.6 is 27.5 Å². The van der Waals surface area contributed by atoms with Crippen molar-refractivity contribution in [1.82, 2.24) is 0 Å². The zero-order chi connectivity index (χ0) is 12.3. The lowest BCUT2D eigenvalue weighted by Gasteiger charge is -2.38. The average molecular weight is 319 g/mol. The van der Waals surface area contributed by atoms with Gasteiger partial charge in [0, 0.05) is 22.6 Å². The van der Waals surface area contributed by atoms with Crippen LogP contribution in [0.15, 0.2) is 18.2 Å². The van der Waals surface area contributed by atoms with Gasteiger partial charge in [-0.3, -0.25) is 0 Å². The number of halogens is 2. The lowest BCUT2D eigenvalue weighted by Crippen LogP contribution is -2.45. The molecule has 1 aliphatic heterocycles. The number of benzene rings is 1. The van der Waals surface area contributed by atoms with Crippen molar-refractivity contribution in [3.8, 4) is 0 Å². The molecule has 0 saturated carbocycles. The standard InChI is InChI=1S/C13H17BrClNO/c1-2-12-9-17-6-5-16(12)13-7-11(15)4-3-10(13)8-14/h3-4,7,12H,2,5-6,8-9H2,1H3. The smallest absolute Gasteiger partial charge is 0.0670 e. The molecule has 1 aromatic carbocycles. The number of morpholine rings is 1. The lowest BCUT2D eigenvalue weighted by atomic mass is 10.1. The average Bonchev–Trinajstić information content (AvgIpc) is 2.38. The molecule has 94 valence electrons. The maximum atomic E-state index is 6.11. The molecule has 0 radical (unpaired) electrons. The van der Waals surface area contributed by atoms with E-state index in [9.17, 15) is 0 Å². The van der Waals surface area contributed by atoms with Gasteiger partial charge in [-0.25, -0.2) is 0 Å². The maximum absolute atomic E-state index is 6.11. The third-order valence-corrected chi connectivity index (χ3v) is 4.04. The first-order chi connectivity index (χ1) is 8.26. The van der Waals surface area contributed by atoms with Crippen molar-refractivity contribution in [2.75, 3.05) is 24.7 Å². The van der Waals surface area contributed by atoms with Crippen LogP contribution in [-0.2, 0) is 10.1 Å². The van der Waals surface area contributed by atoms with E-state index in [1.54, 1.807) is 0 Å². The third-order valence-electron chi connectivity index (χ3n) is 3.20. The molecule has 1 aromatic rings. The highest BCUT2D eigenvalue weighted by molar-refractivity contribution is 9.08. The number of hydrogen-bond acceptors (Lipinski definition) is 2. The van der Waals surface area contributed by atoms with Gasteiger partial charge in [-0.15, -0.1) is 0 Å². The monoisotopic (exact) mass is 317 g/mol. The summed E-state index contributed by atoms with van der Waals surface area (Å²) in [6, 6.07) is 6.56. The summed E-state index contributed by atoms with van der Waals surface area (Å²) < 4.78 is 5.54. The number of rotatable bonds is 3. The van der Waals surface area contributed by atoms with E-state index >= 15 is 0 Å². The predicted octanol–water partition coefficient (Wildman–Crippen LogP) is 3.85. The van der Waals surface area contributed by atoms with E-state index < -0.39 is 0 Å². The third kappa shape index (κ3) is 2.95. The molecular formula is C13H17BrClNO. The quantitative estimate of drug-likeness (QED) is 0.785. The van der Waals surface area contributed by atoms with Crippen LogP contribution < -0.4 is 4.90 Å². The Morgan fingerprint density at radius 2 is 2.35 bits per heavy atom. The summed E-state index contributed by atoms with van der Waals surface area (Å²) in [4.78, 5) is 2.42. The second-order valence-electron chi connectivity index (χ2n) is 4.24. The van der Waals surface area contributed by atoms with Gasteiger partial charge in [0.05, 0.1) is 19.3 Å². The summed E-state index contributed by atoms with van der Waals surface area (Å²) in [6.07, 6.45) is 1.09. The SMILES string of the molecule is CCC1COCCN1c1cc(Cl)ccc1CBr. The Labute approximate surface area is 116 Å². The summed E-state index contributed by atoms with van der Waals surface area (Å²) in [6.45, 7) is 4.75. The molecule has 1 atom stereocenters. The van der Waals surface area contributed by atoms with E-state index in [1.807, 2.05) is 6.07 Å². The minimum atomic E-state index is 0.458. The number of alkyl halides is 1. The van der Waals surface area contributed by atoms with Crippen LogP contribution in [0, 0.1) is 0 Å². The topological polar surface area (TPSA) is 12.5 Å². The van der Waals surface area contributed by atoms with Crippen molar-refractivity contribution in [1.29, 1.82) is 0 Å².